The Hall–Kier alpha value is -0.953. The van der Waals surface area contributed by atoms with Crippen LogP contribution in [0, 0.1) is 11.3 Å². The Balaban J connectivity index is 1.62. The Bertz CT molecular complexity index is 749. The van der Waals surface area contributed by atoms with E-state index in [9.17, 15) is 5.11 Å². The molecule has 0 aromatic heterocycles. The van der Waals surface area contributed by atoms with Crippen LogP contribution in [0.5, 0.6) is 0 Å². The topological polar surface area (TPSA) is 60.3 Å². The van der Waals surface area contributed by atoms with Crippen molar-refractivity contribution in [1.29, 1.82) is 0 Å². The van der Waals surface area contributed by atoms with Crippen LogP contribution >= 0.6 is 0 Å². The second-order valence-electron chi connectivity index (χ2n) is 11.4. The van der Waals surface area contributed by atoms with E-state index in [0.717, 1.165) is 44.0 Å². The maximum Gasteiger partial charge on any atom is 0.168 e. The molecule has 0 saturated carbocycles. The molecule has 1 N–H and O–H groups in total. The van der Waals surface area contributed by atoms with Gasteiger partial charge in [0.1, 0.15) is 12.4 Å². The number of hydrogen-bond donors (Lipinski definition) is 1. The molecule has 6 heteroatoms. The van der Waals surface area contributed by atoms with Gasteiger partial charge in [0.05, 0.1) is 18.2 Å². The van der Waals surface area contributed by atoms with Gasteiger partial charge in [-0.1, -0.05) is 61.4 Å². The second kappa shape index (κ2) is 9.50. The molecule has 0 saturated heterocycles. The van der Waals surface area contributed by atoms with Crippen LogP contribution in [-0.4, -0.2) is 50.6 Å². The van der Waals surface area contributed by atoms with Crippen molar-refractivity contribution in [2.45, 2.75) is 97.2 Å². The molecule has 3 aliphatic rings. The predicted molar refractivity (Wildman–Crippen MR) is 129 cm³/mol. The molecule has 176 valence electrons. The lowest BCUT2D eigenvalue weighted by atomic mass is 9.57. The number of fused-ring (bicyclic) bond motifs is 1. The van der Waals surface area contributed by atoms with Crippen LogP contribution < -0.4 is 0 Å². The number of oxime groups is 1. The molecule has 0 amide bonds. The summed E-state index contributed by atoms with van der Waals surface area (Å²) in [6.07, 6.45) is 6.30. The lowest BCUT2D eigenvalue weighted by molar-refractivity contribution is -0.166. The molecule has 0 aromatic carbocycles. The van der Waals surface area contributed by atoms with Gasteiger partial charge in [-0.2, -0.15) is 0 Å². The fourth-order valence-corrected chi connectivity index (χ4v) is 6.20. The van der Waals surface area contributed by atoms with Crippen molar-refractivity contribution in [1.82, 2.24) is 0 Å². The first kappa shape index (κ1) is 24.7. The van der Waals surface area contributed by atoms with E-state index in [0.29, 0.717) is 19.8 Å². The van der Waals surface area contributed by atoms with E-state index in [1.54, 1.807) is 0 Å². The summed E-state index contributed by atoms with van der Waals surface area (Å²) in [5.74, 6) is 0.105. The molecule has 2 aliphatic carbocycles. The van der Waals surface area contributed by atoms with E-state index in [-0.39, 0.29) is 12.0 Å². The van der Waals surface area contributed by atoms with Gasteiger partial charge in [0, 0.05) is 20.1 Å². The summed E-state index contributed by atoms with van der Waals surface area (Å²) in [5.41, 5.74) is 3.66. The van der Waals surface area contributed by atoms with Crippen molar-refractivity contribution in [2.24, 2.45) is 16.5 Å². The van der Waals surface area contributed by atoms with Gasteiger partial charge in [0.2, 0.25) is 0 Å². The quantitative estimate of drug-likeness (QED) is 0.213. The van der Waals surface area contributed by atoms with Gasteiger partial charge in [0.15, 0.2) is 6.10 Å². The van der Waals surface area contributed by atoms with Crippen LogP contribution in [0.4, 0.5) is 0 Å². The smallest absolute Gasteiger partial charge is 0.168 e. The van der Waals surface area contributed by atoms with Gasteiger partial charge < -0.3 is 19.4 Å². The van der Waals surface area contributed by atoms with Gasteiger partial charge in [-0.3, -0.25) is 0 Å². The van der Waals surface area contributed by atoms with E-state index in [1.807, 2.05) is 0 Å². The summed E-state index contributed by atoms with van der Waals surface area (Å²) in [5, 5.41) is 16.5. The maximum atomic E-state index is 12.1. The fourth-order valence-electron chi connectivity index (χ4n) is 5.45. The largest absolute Gasteiger partial charge is 0.388 e. The van der Waals surface area contributed by atoms with Crippen LogP contribution in [0.25, 0.3) is 0 Å². The highest BCUT2D eigenvalue weighted by atomic mass is 28.3. The van der Waals surface area contributed by atoms with Crippen molar-refractivity contribution < 1.29 is 19.4 Å². The van der Waals surface area contributed by atoms with Gasteiger partial charge in [0.25, 0.3) is 0 Å². The molecule has 0 radical (unpaired) electrons. The third-order valence-corrected chi connectivity index (χ3v) is 9.37. The summed E-state index contributed by atoms with van der Waals surface area (Å²) in [6.45, 7) is 17.5. The Morgan fingerprint density at radius 2 is 1.87 bits per heavy atom. The average molecular weight is 450 g/mol. The third kappa shape index (κ3) is 5.18. The van der Waals surface area contributed by atoms with Crippen LogP contribution in [0.1, 0.15) is 59.8 Å². The monoisotopic (exact) mass is 449 g/mol. The predicted octanol–water partition coefficient (Wildman–Crippen LogP) is 5.68. The average Bonchev–Trinajstić information content (AvgIpc) is 3.12. The molecule has 3 atom stereocenters. The van der Waals surface area contributed by atoms with E-state index >= 15 is 0 Å². The Morgan fingerprint density at radius 3 is 2.58 bits per heavy atom. The Morgan fingerprint density at radius 1 is 1.16 bits per heavy atom. The van der Waals surface area contributed by atoms with E-state index in [1.165, 1.54) is 16.7 Å². The molecule has 0 aromatic rings. The highest BCUT2D eigenvalue weighted by Gasteiger charge is 2.59. The normalized spacial score (nSPS) is 30.6. The Kier molecular flexibility index (Phi) is 7.56. The molecule has 0 spiro atoms. The third-order valence-electron chi connectivity index (χ3n) is 7.67. The minimum absolute atomic E-state index is 0.105. The molecular weight excluding hydrogens is 406 g/mol. The minimum atomic E-state index is -1.07. The minimum Gasteiger partial charge on any atom is -0.388 e. The number of ether oxygens (including phenoxy) is 2. The first-order valence-corrected chi connectivity index (χ1v) is 15.6. The standard InChI is InChI=1S/C25H43NO4Si/c1-18-11-13-25(27,23-22-19(2)9-8-10-21(22)26-30-23)24(3,4)20(18)12-14-28-17-29-15-16-31(5,6)7/h9,22-23,27H,8,10-17H2,1-7H3/t22-,23-,25?/m0/s1. The van der Waals surface area contributed by atoms with Crippen LogP contribution in [-0.2, 0) is 14.3 Å². The number of nitrogens with zero attached hydrogens (tertiary/aromatic N) is 1. The molecule has 3 rings (SSSR count). The molecular formula is C25H43NO4Si. The highest BCUT2D eigenvalue weighted by Crippen LogP contribution is 2.54. The summed E-state index contributed by atoms with van der Waals surface area (Å²) >= 11 is 0. The van der Waals surface area contributed by atoms with Crippen LogP contribution in [0.15, 0.2) is 28.0 Å². The van der Waals surface area contributed by atoms with Gasteiger partial charge in [-0.05, 0) is 52.0 Å². The summed E-state index contributed by atoms with van der Waals surface area (Å²) in [4.78, 5) is 5.96. The lowest BCUT2D eigenvalue weighted by Gasteiger charge is -2.51. The summed E-state index contributed by atoms with van der Waals surface area (Å²) in [7, 11) is -1.07. The number of rotatable bonds is 9. The van der Waals surface area contributed by atoms with E-state index < -0.39 is 19.1 Å². The van der Waals surface area contributed by atoms with Crippen molar-refractivity contribution in [3.05, 3.63) is 22.8 Å². The molecule has 0 fully saturated rings. The summed E-state index contributed by atoms with van der Waals surface area (Å²) in [6, 6.07) is 1.15. The lowest BCUT2D eigenvalue weighted by Crippen LogP contribution is -2.59. The maximum absolute atomic E-state index is 12.1. The molecule has 1 unspecified atom stereocenters. The van der Waals surface area contributed by atoms with Crippen molar-refractivity contribution in [3.63, 3.8) is 0 Å². The first-order chi connectivity index (χ1) is 14.5. The number of hydrogen-bond acceptors (Lipinski definition) is 5. The van der Waals surface area contributed by atoms with E-state index in [4.69, 9.17) is 14.3 Å². The summed E-state index contributed by atoms with van der Waals surface area (Å²) < 4.78 is 11.5. The second-order valence-corrected chi connectivity index (χ2v) is 17.0. The number of aliphatic hydroxyl groups is 1. The molecule has 1 aliphatic heterocycles. The molecule has 5 nitrogen and oxygen atoms in total. The first-order valence-electron chi connectivity index (χ1n) is 11.9. The fraction of sp³-hybridized carbons (Fsp3) is 0.800. The SMILES string of the molecule is CC1=CCCC2=NO[C@H](C3(O)CCC(C)=C(CCOCOCC[Si](C)(C)C)C3(C)C)[C@@H]12. The molecule has 31 heavy (non-hydrogen) atoms. The Labute approximate surface area is 189 Å². The van der Waals surface area contributed by atoms with Gasteiger partial charge in [-0.25, -0.2) is 0 Å². The van der Waals surface area contributed by atoms with Crippen molar-refractivity contribution in [2.75, 3.05) is 20.0 Å². The van der Waals surface area contributed by atoms with E-state index in [2.05, 4.69) is 58.6 Å². The van der Waals surface area contributed by atoms with Crippen LogP contribution in [0.2, 0.25) is 25.7 Å². The van der Waals surface area contributed by atoms with Crippen molar-refractivity contribution in [3.8, 4) is 0 Å². The van der Waals surface area contributed by atoms with Crippen LogP contribution in [0.3, 0.4) is 0 Å². The zero-order valence-electron chi connectivity index (χ0n) is 20.7. The van der Waals surface area contributed by atoms with Gasteiger partial charge in [-0.15, -0.1) is 0 Å². The highest BCUT2D eigenvalue weighted by molar-refractivity contribution is 6.76. The zero-order chi connectivity index (χ0) is 22.9. The molecule has 0 bridgehead atoms. The number of allylic oxidation sites excluding steroid dienone is 2. The zero-order valence-corrected chi connectivity index (χ0v) is 21.7. The molecule has 1 heterocycles. The van der Waals surface area contributed by atoms with Gasteiger partial charge >= 0.3 is 0 Å². The van der Waals surface area contributed by atoms with Crippen molar-refractivity contribution >= 4 is 13.8 Å².